The molecule has 0 radical (unpaired) electrons. The van der Waals surface area contributed by atoms with Crippen LogP contribution in [0.15, 0.2) is 60.8 Å². The number of carbonyl (C=O) groups is 2. The second-order valence-electron chi connectivity index (χ2n) is 12.3. The van der Waals surface area contributed by atoms with Gasteiger partial charge in [0.05, 0.1) is 16.9 Å². The zero-order valence-corrected chi connectivity index (χ0v) is 27.4. The van der Waals surface area contributed by atoms with Gasteiger partial charge in [0.15, 0.2) is 0 Å². The highest BCUT2D eigenvalue weighted by atomic mass is 35.5. The summed E-state index contributed by atoms with van der Waals surface area (Å²) in [6.45, 7) is 12.3. The summed E-state index contributed by atoms with van der Waals surface area (Å²) in [5.74, 6) is 1.04. The molecular formula is C35H46ClN5O3. The number of nitrogens with one attached hydrogen (secondary N) is 1. The van der Waals surface area contributed by atoms with Crippen molar-refractivity contribution in [2.24, 2.45) is 5.92 Å². The van der Waals surface area contributed by atoms with Crippen molar-refractivity contribution in [2.75, 3.05) is 31.5 Å². The first-order valence-corrected chi connectivity index (χ1v) is 16.2. The normalized spacial score (nSPS) is 16.1. The Kier molecular flexibility index (Phi) is 11.6. The molecule has 8 nitrogen and oxygen atoms in total. The van der Waals surface area contributed by atoms with Crippen LogP contribution in [0.5, 0.6) is 0 Å². The largest absolute Gasteiger partial charge is 0.444 e. The number of halogens is 1. The number of aromatic nitrogens is 2. The molecule has 0 saturated carbocycles. The molecule has 1 N–H and O–H groups in total. The standard InChI is InChI=1S/C33H40ClN5O3.C2H6/c1-33(2,3)42-32(41)39-16-12-23(13-17-39)20-29(40)38-18-14-27(15-19-38)36-31-35-22-28(34)30(37-31)26-11-7-10-25(21-26)24-8-5-4-6-9-24;1-2/h4-11,21-23,27H,12-20H2,1-3H3,(H,35,36,37);1-2H3. The highest BCUT2D eigenvalue weighted by molar-refractivity contribution is 6.32. The highest BCUT2D eigenvalue weighted by Crippen LogP contribution is 2.31. The summed E-state index contributed by atoms with van der Waals surface area (Å²) in [5.41, 5.74) is 3.36. The Morgan fingerprint density at radius 1 is 0.886 bits per heavy atom. The van der Waals surface area contributed by atoms with Crippen LogP contribution in [0.1, 0.15) is 66.7 Å². The molecule has 2 saturated heterocycles. The van der Waals surface area contributed by atoms with Gasteiger partial charge in [0, 0.05) is 44.2 Å². The first-order chi connectivity index (χ1) is 21.1. The van der Waals surface area contributed by atoms with Crippen molar-refractivity contribution in [3.05, 3.63) is 65.8 Å². The molecule has 44 heavy (non-hydrogen) atoms. The fourth-order valence-corrected chi connectivity index (χ4v) is 5.79. The third-order valence-electron chi connectivity index (χ3n) is 7.90. The molecule has 3 heterocycles. The van der Waals surface area contributed by atoms with E-state index in [-0.39, 0.29) is 18.0 Å². The van der Waals surface area contributed by atoms with Gasteiger partial charge in [-0.25, -0.2) is 14.8 Å². The van der Waals surface area contributed by atoms with Crippen molar-refractivity contribution in [1.82, 2.24) is 19.8 Å². The number of likely N-dealkylation sites (tertiary alicyclic amines) is 2. The molecular weight excluding hydrogens is 574 g/mol. The number of rotatable bonds is 6. The molecule has 3 aromatic rings. The number of piperidine rings is 2. The lowest BCUT2D eigenvalue weighted by molar-refractivity contribution is -0.133. The summed E-state index contributed by atoms with van der Waals surface area (Å²) in [6, 6.07) is 18.6. The van der Waals surface area contributed by atoms with Gasteiger partial charge in [0.25, 0.3) is 0 Å². The maximum absolute atomic E-state index is 13.1. The van der Waals surface area contributed by atoms with Gasteiger partial charge in [-0.2, -0.15) is 0 Å². The summed E-state index contributed by atoms with van der Waals surface area (Å²) in [6.07, 6.45) is 5.22. The summed E-state index contributed by atoms with van der Waals surface area (Å²) in [5, 5.41) is 3.97. The van der Waals surface area contributed by atoms with Gasteiger partial charge in [-0.05, 0) is 69.6 Å². The van der Waals surface area contributed by atoms with Crippen LogP contribution in [0.2, 0.25) is 5.02 Å². The lowest BCUT2D eigenvalue weighted by Gasteiger charge is -2.35. The van der Waals surface area contributed by atoms with Crippen LogP contribution in [0.3, 0.4) is 0 Å². The third-order valence-corrected chi connectivity index (χ3v) is 8.17. The number of carbonyl (C=O) groups excluding carboxylic acids is 2. The number of amides is 2. The molecule has 0 bridgehead atoms. The fraction of sp³-hybridized carbons (Fsp3) is 0.486. The average Bonchev–Trinajstić information content (AvgIpc) is 3.03. The third kappa shape index (κ3) is 9.18. The first kappa shape index (κ1) is 33.2. The highest BCUT2D eigenvalue weighted by Gasteiger charge is 2.30. The molecule has 2 fully saturated rings. The predicted octanol–water partition coefficient (Wildman–Crippen LogP) is 7.93. The number of nitrogens with zero attached hydrogens (tertiary/aromatic N) is 4. The van der Waals surface area contributed by atoms with Crippen LogP contribution in [0.25, 0.3) is 22.4 Å². The molecule has 0 unspecified atom stereocenters. The van der Waals surface area contributed by atoms with E-state index in [1.165, 1.54) is 0 Å². The Morgan fingerprint density at radius 2 is 1.50 bits per heavy atom. The summed E-state index contributed by atoms with van der Waals surface area (Å²) < 4.78 is 5.49. The van der Waals surface area contributed by atoms with Crippen LogP contribution in [0, 0.1) is 5.92 Å². The summed E-state index contributed by atoms with van der Waals surface area (Å²) in [4.78, 5) is 38.3. The van der Waals surface area contributed by atoms with Gasteiger partial charge in [-0.1, -0.05) is 74.0 Å². The maximum atomic E-state index is 13.1. The van der Waals surface area contributed by atoms with E-state index in [0.717, 1.165) is 42.4 Å². The van der Waals surface area contributed by atoms with Gasteiger partial charge in [0.2, 0.25) is 11.9 Å². The van der Waals surface area contributed by atoms with Gasteiger partial charge >= 0.3 is 6.09 Å². The molecule has 5 rings (SSSR count). The molecule has 9 heteroatoms. The molecule has 1 aromatic heterocycles. The van der Waals surface area contributed by atoms with E-state index < -0.39 is 5.60 Å². The SMILES string of the molecule is CC.CC(C)(C)OC(=O)N1CCC(CC(=O)N2CCC(Nc3ncc(Cl)c(-c4cccc(-c5ccccc5)c4)n3)CC2)CC1. The predicted molar refractivity (Wildman–Crippen MR) is 178 cm³/mol. The Balaban J connectivity index is 0.00000216. The zero-order chi connectivity index (χ0) is 31.7. The van der Waals surface area contributed by atoms with Crippen molar-refractivity contribution >= 4 is 29.5 Å². The summed E-state index contributed by atoms with van der Waals surface area (Å²) in [7, 11) is 0. The van der Waals surface area contributed by atoms with Crippen molar-refractivity contribution in [3.63, 3.8) is 0 Å². The average molecular weight is 620 g/mol. The molecule has 2 aliphatic heterocycles. The Morgan fingerprint density at radius 3 is 2.16 bits per heavy atom. The van der Waals surface area contributed by atoms with E-state index in [1.807, 2.05) is 69.9 Å². The van der Waals surface area contributed by atoms with E-state index in [1.54, 1.807) is 11.1 Å². The maximum Gasteiger partial charge on any atom is 0.410 e. The smallest absolute Gasteiger partial charge is 0.410 e. The zero-order valence-electron chi connectivity index (χ0n) is 26.7. The van der Waals surface area contributed by atoms with Crippen LogP contribution in [0.4, 0.5) is 10.7 Å². The molecule has 0 atom stereocenters. The van der Waals surface area contributed by atoms with E-state index in [0.29, 0.717) is 55.2 Å². The molecule has 0 spiro atoms. The molecule has 2 aromatic carbocycles. The van der Waals surface area contributed by atoms with Gasteiger partial charge in [-0.3, -0.25) is 4.79 Å². The van der Waals surface area contributed by atoms with Gasteiger partial charge < -0.3 is 19.9 Å². The minimum Gasteiger partial charge on any atom is -0.444 e. The fourth-order valence-electron chi connectivity index (χ4n) is 5.59. The lowest BCUT2D eigenvalue weighted by Crippen LogP contribution is -2.45. The van der Waals surface area contributed by atoms with Crippen LogP contribution in [-0.4, -0.2) is 69.6 Å². The Hall–Kier alpha value is -3.65. The molecule has 2 aliphatic rings. The van der Waals surface area contributed by atoms with Crippen molar-refractivity contribution in [2.45, 2.75) is 78.4 Å². The van der Waals surface area contributed by atoms with Crippen LogP contribution < -0.4 is 5.32 Å². The quantitative estimate of drug-likeness (QED) is 0.301. The first-order valence-electron chi connectivity index (χ1n) is 15.9. The lowest BCUT2D eigenvalue weighted by atomic mass is 9.92. The van der Waals surface area contributed by atoms with Crippen molar-refractivity contribution < 1.29 is 14.3 Å². The Labute approximate surface area is 267 Å². The monoisotopic (exact) mass is 619 g/mol. The van der Waals surface area contributed by atoms with Crippen molar-refractivity contribution in [3.8, 4) is 22.4 Å². The van der Waals surface area contributed by atoms with Crippen molar-refractivity contribution in [1.29, 1.82) is 0 Å². The number of anilines is 1. The molecule has 236 valence electrons. The number of hydrogen-bond donors (Lipinski definition) is 1. The summed E-state index contributed by atoms with van der Waals surface area (Å²) >= 11 is 6.53. The minimum absolute atomic E-state index is 0.177. The number of hydrogen-bond acceptors (Lipinski definition) is 6. The van der Waals surface area contributed by atoms with E-state index in [4.69, 9.17) is 21.3 Å². The van der Waals surface area contributed by atoms with Crippen LogP contribution in [-0.2, 0) is 9.53 Å². The minimum atomic E-state index is -0.499. The van der Waals surface area contributed by atoms with E-state index in [9.17, 15) is 9.59 Å². The van der Waals surface area contributed by atoms with E-state index >= 15 is 0 Å². The van der Waals surface area contributed by atoms with Gasteiger partial charge in [-0.15, -0.1) is 0 Å². The van der Waals surface area contributed by atoms with Crippen LogP contribution >= 0.6 is 11.6 Å². The second-order valence-corrected chi connectivity index (χ2v) is 12.7. The second kappa shape index (κ2) is 15.4. The number of benzene rings is 2. The molecule has 2 amide bonds. The molecule has 0 aliphatic carbocycles. The Bertz CT molecular complexity index is 1380. The van der Waals surface area contributed by atoms with E-state index in [2.05, 4.69) is 34.6 Å². The topological polar surface area (TPSA) is 87.7 Å². The van der Waals surface area contributed by atoms with Gasteiger partial charge in [0.1, 0.15) is 5.60 Å². The number of ether oxygens (including phenoxy) is 1.